The molecule has 1 aliphatic rings. The van der Waals surface area contributed by atoms with E-state index in [0.29, 0.717) is 13.1 Å². The summed E-state index contributed by atoms with van der Waals surface area (Å²) < 4.78 is 37.8. The molecule has 2 aromatic rings. The first-order valence-corrected chi connectivity index (χ1v) is 9.75. The highest BCUT2D eigenvalue weighted by atomic mass is 32.2. The maximum atomic E-state index is 12.6. The number of amides is 1. The molecule has 0 aliphatic carbocycles. The fourth-order valence-corrected chi connectivity index (χ4v) is 3.65. The third kappa shape index (κ3) is 5.87. The number of benzene rings is 1. The third-order valence-corrected chi connectivity index (χ3v) is 5.19. The van der Waals surface area contributed by atoms with Crippen molar-refractivity contribution in [3.05, 3.63) is 54.2 Å². The second-order valence-corrected chi connectivity index (χ2v) is 7.38. The Labute approximate surface area is 165 Å². The number of para-hydroxylation sites is 1. The highest BCUT2D eigenvalue weighted by Crippen LogP contribution is 2.37. The number of halogens is 3. The Kier molecular flexibility index (Phi) is 6.79. The molecule has 0 spiro atoms. The van der Waals surface area contributed by atoms with Gasteiger partial charge in [0.2, 0.25) is 0 Å². The largest absolute Gasteiger partial charge is 0.447 e. The van der Waals surface area contributed by atoms with Crippen LogP contribution in [0.25, 0.3) is 0 Å². The van der Waals surface area contributed by atoms with Gasteiger partial charge in [-0.1, -0.05) is 18.2 Å². The predicted octanol–water partition coefficient (Wildman–Crippen LogP) is 3.25. The van der Waals surface area contributed by atoms with Crippen molar-refractivity contribution in [1.82, 2.24) is 15.2 Å². The molecule has 9 heteroatoms. The first kappa shape index (κ1) is 20.5. The molecule has 2 heterocycles. The smallest absolute Gasteiger partial charge is 0.369 e. The lowest BCUT2D eigenvalue weighted by atomic mass is 10.2. The van der Waals surface area contributed by atoms with Crippen LogP contribution < -0.4 is 10.2 Å². The van der Waals surface area contributed by atoms with E-state index in [-0.39, 0.29) is 22.4 Å². The van der Waals surface area contributed by atoms with Crippen LogP contribution in [-0.2, 0) is 0 Å². The quantitative estimate of drug-likeness (QED) is 0.741. The molecular formula is C19H21F3N4OS. The fourth-order valence-electron chi connectivity index (χ4n) is 3.05. The number of pyridine rings is 1. The molecule has 150 valence electrons. The summed E-state index contributed by atoms with van der Waals surface area (Å²) in [5, 5.41) is 2.37. The van der Waals surface area contributed by atoms with E-state index in [4.69, 9.17) is 0 Å². The molecule has 1 aromatic heterocycles. The van der Waals surface area contributed by atoms with Crippen molar-refractivity contribution in [2.45, 2.75) is 10.5 Å². The van der Waals surface area contributed by atoms with Gasteiger partial charge in [-0.2, -0.15) is 13.2 Å². The minimum Gasteiger partial charge on any atom is -0.369 e. The number of aromatic nitrogens is 1. The van der Waals surface area contributed by atoms with Gasteiger partial charge in [-0.3, -0.25) is 9.69 Å². The van der Waals surface area contributed by atoms with E-state index >= 15 is 0 Å². The van der Waals surface area contributed by atoms with E-state index < -0.39 is 11.4 Å². The zero-order valence-electron chi connectivity index (χ0n) is 15.2. The molecule has 1 fully saturated rings. The van der Waals surface area contributed by atoms with Crippen LogP contribution >= 0.6 is 11.8 Å². The molecule has 28 heavy (non-hydrogen) atoms. The van der Waals surface area contributed by atoms with Gasteiger partial charge in [-0.15, -0.1) is 0 Å². The summed E-state index contributed by atoms with van der Waals surface area (Å²) in [6, 6.07) is 13.0. The van der Waals surface area contributed by atoms with Gasteiger partial charge < -0.3 is 10.2 Å². The van der Waals surface area contributed by atoms with Crippen molar-refractivity contribution in [3.63, 3.8) is 0 Å². The average molecular weight is 410 g/mol. The maximum absolute atomic E-state index is 12.6. The molecule has 5 nitrogen and oxygen atoms in total. The molecule has 0 atom stereocenters. The summed E-state index contributed by atoms with van der Waals surface area (Å²) in [5.74, 6) is -0.539. The Morgan fingerprint density at radius 3 is 2.46 bits per heavy atom. The number of carbonyl (C=O) groups excluding carboxylic acids is 1. The van der Waals surface area contributed by atoms with Crippen LogP contribution in [0.1, 0.15) is 10.4 Å². The maximum Gasteiger partial charge on any atom is 0.447 e. The summed E-state index contributed by atoms with van der Waals surface area (Å²) in [7, 11) is 0. The molecule has 0 unspecified atom stereocenters. The van der Waals surface area contributed by atoms with Gasteiger partial charge in [0.15, 0.2) is 0 Å². The number of anilines is 1. The number of thioether (sulfide) groups is 1. The fraction of sp³-hybridized carbons (Fsp3) is 0.368. The highest BCUT2D eigenvalue weighted by Gasteiger charge is 2.32. The predicted molar refractivity (Wildman–Crippen MR) is 104 cm³/mol. The molecular weight excluding hydrogens is 389 g/mol. The number of hydrogen-bond donors (Lipinski definition) is 1. The second kappa shape index (κ2) is 9.29. The zero-order chi connectivity index (χ0) is 20.0. The van der Waals surface area contributed by atoms with Gasteiger partial charge >= 0.3 is 5.51 Å². The van der Waals surface area contributed by atoms with Crippen molar-refractivity contribution in [3.8, 4) is 0 Å². The normalized spacial score (nSPS) is 15.5. The lowest BCUT2D eigenvalue weighted by molar-refractivity contribution is -0.0329. The van der Waals surface area contributed by atoms with Gasteiger partial charge in [0, 0.05) is 62.9 Å². The molecule has 1 N–H and O–H groups in total. The minimum atomic E-state index is -4.48. The first-order valence-electron chi connectivity index (χ1n) is 8.94. The van der Waals surface area contributed by atoms with Crippen molar-refractivity contribution in [2.75, 3.05) is 44.2 Å². The first-order chi connectivity index (χ1) is 13.4. The van der Waals surface area contributed by atoms with Crippen molar-refractivity contribution < 1.29 is 18.0 Å². The Bertz CT molecular complexity index is 780. The number of piperazine rings is 1. The van der Waals surface area contributed by atoms with Gasteiger partial charge in [0.05, 0.1) is 5.56 Å². The third-order valence-electron chi connectivity index (χ3n) is 4.44. The Hall–Kier alpha value is -2.26. The zero-order valence-corrected chi connectivity index (χ0v) is 16.0. The van der Waals surface area contributed by atoms with E-state index in [1.54, 1.807) is 0 Å². The van der Waals surface area contributed by atoms with Gasteiger partial charge in [-0.05, 0) is 24.3 Å². The lowest BCUT2D eigenvalue weighted by Crippen LogP contribution is -2.48. The van der Waals surface area contributed by atoms with E-state index in [1.807, 2.05) is 18.2 Å². The van der Waals surface area contributed by atoms with Crippen LogP contribution in [0.5, 0.6) is 0 Å². The SMILES string of the molecule is O=C(NCCN1CCN(c2ccccc2)CC1)c1cccnc1SC(F)(F)F. The van der Waals surface area contributed by atoms with E-state index in [1.165, 1.54) is 24.0 Å². The topological polar surface area (TPSA) is 48.5 Å². The van der Waals surface area contributed by atoms with E-state index in [0.717, 1.165) is 26.2 Å². The van der Waals surface area contributed by atoms with Gasteiger partial charge in [-0.25, -0.2) is 4.98 Å². The molecule has 1 saturated heterocycles. The second-order valence-electron chi connectivity index (χ2n) is 6.32. The summed E-state index contributed by atoms with van der Waals surface area (Å²) >= 11 is -0.373. The summed E-state index contributed by atoms with van der Waals surface area (Å²) in [6.07, 6.45) is 1.25. The van der Waals surface area contributed by atoms with Crippen LogP contribution in [0.2, 0.25) is 0 Å². The van der Waals surface area contributed by atoms with Crippen molar-refractivity contribution >= 4 is 23.4 Å². The Morgan fingerprint density at radius 1 is 1.07 bits per heavy atom. The Morgan fingerprint density at radius 2 is 1.79 bits per heavy atom. The molecule has 3 rings (SSSR count). The van der Waals surface area contributed by atoms with Crippen LogP contribution in [0.3, 0.4) is 0 Å². The standard InChI is InChI=1S/C19H21F3N4OS/c20-19(21,22)28-18-16(7-4-8-24-18)17(27)23-9-10-25-11-13-26(14-12-25)15-5-2-1-3-6-15/h1-8H,9-14H2,(H,23,27). The van der Waals surface area contributed by atoms with Crippen LogP contribution in [-0.4, -0.2) is 60.6 Å². The molecule has 1 aliphatic heterocycles. The van der Waals surface area contributed by atoms with Crippen molar-refractivity contribution in [2.24, 2.45) is 0 Å². The molecule has 0 radical (unpaired) electrons. The average Bonchev–Trinajstić information content (AvgIpc) is 2.68. The summed E-state index contributed by atoms with van der Waals surface area (Å²) in [5.41, 5.74) is -3.35. The number of carbonyl (C=O) groups is 1. The highest BCUT2D eigenvalue weighted by molar-refractivity contribution is 8.00. The number of nitrogens with one attached hydrogen (secondary N) is 1. The lowest BCUT2D eigenvalue weighted by Gasteiger charge is -2.36. The summed E-state index contributed by atoms with van der Waals surface area (Å²) in [4.78, 5) is 20.5. The molecule has 1 aromatic carbocycles. The minimum absolute atomic E-state index is 0.0567. The molecule has 1 amide bonds. The monoisotopic (exact) mass is 410 g/mol. The van der Waals surface area contributed by atoms with Crippen LogP contribution in [0, 0.1) is 0 Å². The van der Waals surface area contributed by atoms with Crippen LogP contribution in [0.4, 0.5) is 18.9 Å². The number of alkyl halides is 3. The number of rotatable bonds is 6. The molecule has 0 bridgehead atoms. The number of nitrogens with zero attached hydrogens (tertiary/aromatic N) is 3. The molecule has 0 saturated carbocycles. The van der Waals surface area contributed by atoms with Crippen molar-refractivity contribution in [1.29, 1.82) is 0 Å². The van der Waals surface area contributed by atoms with Gasteiger partial charge in [0.1, 0.15) is 5.03 Å². The van der Waals surface area contributed by atoms with E-state index in [2.05, 4.69) is 32.2 Å². The summed E-state index contributed by atoms with van der Waals surface area (Å²) in [6.45, 7) is 4.55. The van der Waals surface area contributed by atoms with Crippen LogP contribution in [0.15, 0.2) is 53.7 Å². The Balaban J connectivity index is 1.45. The number of hydrogen-bond acceptors (Lipinski definition) is 5. The van der Waals surface area contributed by atoms with Gasteiger partial charge in [0.25, 0.3) is 5.91 Å². The van der Waals surface area contributed by atoms with E-state index in [9.17, 15) is 18.0 Å².